The highest BCUT2D eigenvalue weighted by Crippen LogP contribution is 2.47. The van der Waals surface area contributed by atoms with Crippen molar-refractivity contribution in [3.8, 4) is 0 Å². The molecule has 0 fully saturated rings. The van der Waals surface area contributed by atoms with Crippen molar-refractivity contribution in [2.45, 2.75) is 16.0 Å². The van der Waals surface area contributed by atoms with E-state index >= 15 is 0 Å². The van der Waals surface area contributed by atoms with Crippen LogP contribution in [0.3, 0.4) is 0 Å². The zero-order chi connectivity index (χ0) is 15.2. The van der Waals surface area contributed by atoms with Crippen LogP contribution in [0.2, 0.25) is 0 Å². The van der Waals surface area contributed by atoms with Gasteiger partial charge in [0, 0.05) is 22.4 Å². The number of halogens is 3. The van der Waals surface area contributed by atoms with Gasteiger partial charge < -0.3 is 4.90 Å². The molecule has 0 aliphatic carbocycles. The van der Waals surface area contributed by atoms with E-state index in [1.807, 2.05) is 36.2 Å². The van der Waals surface area contributed by atoms with Crippen molar-refractivity contribution >= 4 is 28.9 Å². The number of benzene rings is 2. The fourth-order valence-corrected chi connectivity index (χ4v) is 3.44. The summed E-state index contributed by atoms with van der Waals surface area (Å²) in [6.07, 6.45) is -4.85. The Morgan fingerprint density at radius 2 is 1.71 bits per heavy atom. The van der Waals surface area contributed by atoms with E-state index in [1.54, 1.807) is 6.07 Å². The van der Waals surface area contributed by atoms with Gasteiger partial charge in [0.05, 0.1) is 11.4 Å². The Bertz CT molecular complexity index is 727. The molecule has 1 aliphatic heterocycles. The number of fused-ring (bicyclic) bond motifs is 2. The lowest BCUT2D eigenvalue weighted by Crippen LogP contribution is -2.23. The zero-order valence-electron chi connectivity index (χ0n) is 10.9. The smallest absolute Gasteiger partial charge is 0.343 e. The molecule has 6 heteroatoms. The summed E-state index contributed by atoms with van der Waals surface area (Å²) in [5.41, 5.74) is 1.45. The first-order chi connectivity index (χ1) is 9.88. The monoisotopic (exact) mass is 309 g/mol. The molecule has 0 radical (unpaired) electrons. The standard InChI is InChI=1S/C15H10F3NOS/c1-19-10-4-2-3-5-12(10)21-13-8-9(6-7-11(13)19)14(20)15(16,17)18/h2-8H,1H3. The van der Waals surface area contributed by atoms with E-state index in [9.17, 15) is 18.0 Å². The van der Waals surface area contributed by atoms with E-state index in [2.05, 4.69) is 0 Å². The largest absolute Gasteiger partial charge is 0.454 e. The average molecular weight is 309 g/mol. The summed E-state index contributed by atoms with van der Waals surface area (Å²) in [4.78, 5) is 14.8. The van der Waals surface area contributed by atoms with E-state index in [0.717, 1.165) is 16.3 Å². The summed E-state index contributed by atoms with van der Waals surface area (Å²) in [5, 5.41) is 0. The molecule has 21 heavy (non-hydrogen) atoms. The third-order valence-electron chi connectivity index (χ3n) is 3.29. The predicted molar refractivity (Wildman–Crippen MR) is 75.5 cm³/mol. The van der Waals surface area contributed by atoms with Crippen LogP contribution in [0, 0.1) is 0 Å². The third-order valence-corrected chi connectivity index (χ3v) is 4.40. The minimum Gasteiger partial charge on any atom is -0.343 e. The molecule has 3 rings (SSSR count). The number of nitrogens with zero attached hydrogens (tertiary/aromatic N) is 1. The van der Waals surface area contributed by atoms with Crippen LogP contribution in [0.1, 0.15) is 10.4 Å². The van der Waals surface area contributed by atoms with Gasteiger partial charge in [-0.25, -0.2) is 0 Å². The molecule has 0 N–H and O–H groups in total. The molecule has 2 nitrogen and oxygen atoms in total. The lowest BCUT2D eigenvalue weighted by Gasteiger charge is -2.29. The lowest BCUT2D eigenvalue weighted by atomic mass is 10.1. The number of anilines is 2. The summed E-state index contributed by atoms with van der Waals surface area (Å²) < 4.78 is 37.5. The van der Waals surface area contributed by atoms with E-state index in [4.69, 9.17) is 0 Å². The van der Waals surface area contributed by atoms with Gasteiger partial charge >= 0.3 is 6.18 Å². The van der Waals surface area contributed by atoms with Crippen molar-refractivity contribution in [1.82, 2.24) is 0 Å². The number of carbonyl (C=O) groups is 1. The Kier molecular flexibility index (Phi) is 3.20. The molecular weight excluding hydrogens is 299 g/mol. The summed E-state index contributed by atoms with van der Waals surface area (Å²) >= 11 is 1.37. The molecule has 1 aliphatic rings. The minimum atomic E-state index is -4.85. The number of Topliss-reactive ketones (excluding diaryl/α,β-unsaturated/α-hetero) is 1. The molecule has 0 saturated carbocycles. The number of ketones is 1. The zero-order valence-corrected chi connectivity index (χ0v) is 11.8. The van der Waals surface area contributed by atoms with E-state index < -0.39 is 12.0 Å². The Balaban J connectivity index is 2.05. The van der Waals surface area contributed by atoms with Gasteiger partial charge in [-0.2, -0.15) is 13.2 Å². The number of rotatable bonds is 1. The van der Waals surface area contributed by atoms with Crippen LogP contribution in [0.4, 0.5) is 24.5 Å². The summed E-state index contributed by atoms with van der Waals surface area (Å²) in [5.74, 6) is -1.81. The van der Waals surface area contributed by atoms with Gasteiger partial charge in [-0.3, -0.25) is 4.79 Å². The second kappa shape index (κ2) is 4.80. The second-order valence-electron chi connectivity index (χ2n) is 4.64. The third kappa shape index (κ3) is 2.40. The highest BCUT2D eigenvalue weighted by Gasteiger charge is 2.39. The molecule has 0 saturated heterocycles. The molecule has 0 amide bonds. The lowest BCUT2D eigenvalue weighted by molar-refractivity contribution is -0.0885. The van der Waals surface area contributed by atoms with Crippen molar-refractivity contribution < 1.29 is 18.0 Å². The Morgan fingerprint density at radius 3 is 2.43 bits per heavy atom. The van der Waals surface area contributed by atoms with Gasteiger partial charge in [0.15, 0.2) is 0 Å². The highest BCUT2D eigenvalue weighted by atomic mass is 32.2. The van der Waals surface area contributed by atoms with Gasteiger partial charge in [-0.15, -0.1) is 0 Å². The van der Waals surface area contributed by atoms with Crippen molar-refractivity contribution in [2.75, 3.05) is 11.9 Å². The van der Waals surface area contributed by atoms with Crippen LogP contribution in [-0.4, -0.2) is 19.0 Å². The van der Waals surface area contributed by atoms with E-state index in [0.29, 0.717) is 4.90 Å². The van der Waals surface area contributed by atoms with Gasteiger partial charge in [-0.1, -0.05) is 23.9 Å². The first-order valence-electron chi connectivity index (χ1n) is 6.14. The molecule has 0 spiro atoms. The normalized spacial score (nSPS) is 13.6. The summed E-state index contributed by atoms with van der Waals surface area (Å²) in [6, 6.07) is 11.7. The fourth-order valence-electron chi connectivity index (χ4n) is 2.25. The Labute approximate surface area is 123 Å². The molecule has 2 aromatic carbocycles. The quantitative estimate of drug-likeness (QED) is 0.714. The Hall–Kier alpha value is -1.95. The molecule has 2 aromatic rings. The van der Waals surface area contributed by atoms with Crippen LogP contribution >= 0.6 is 11.8 Å². The minimum absolute atomic E-state index is 0.332. The second-order valence-corrected chi connectivity index (χ2v) is 5.72. The number of para-hydroxylation sites is 1. The van der Waals surface area contributed by atoms with Crippen LogP contribution in [0.5, 0.6) is 0 Å². The molecule has 0 aromatic heterocycles. The number of hydrogen-bond acceptors (Lipinski definition) is 3. The molecule has 1 heterocycles. The summed E-state index contributed by atoms with van der Waals surface area (Å²) in [7, 11) is 1.85. The first-order valence-corrected chi connectivity index (χ1v) is 6.96. The van der Waals surface area contributed by atoms with Crippen molar-refractivity contribution in [3.63, 3.8) is 0 Å². The highest BCUT2D eigenvalue weighted by molar-refractivity contribution is 7.99. The first kappa shape index (κ1) is 14.0. The maximum Gasteiger partial charge on any atom is 0.454 e. The van der Waals surface area contributed by atoms with Crippen LogP contribution in [-0.2, 0) is 0 Å². The van der Waals surface area contributed by atoms with Gasteiger partial charge in [0.25, 0.3) is 5.78 Å². The predicted octanol–water partition coefficient (Wildman–Crippen LogP) is 4.66. The Morgan fingerprint density at radius 1 is 1.05 bits per heavy atom. The molecular formula is C15H10F3NOS. The van der Waals surface area contributed by atoms with Crippen molar-refractivity contribution in [3.05, 3.63) is 48.0 Å². The molecule has 108 valence electrons. The van der Waals surface area contributed by atoms with Crippen LogP contribution < -0.4 is 4.90 Å². The van der Waals surface area contributed by atoms with Crippen LogP contribution in [0.25, 0.3) is 0 Å². The maximum atomic E-state index is 12.5. The topological polar surface area (TPSA) is 20.3 Å². The van der Waals surface area contributed by atoms with Gasteiger partial charge in [0.1, 0.15) is 0 Å². The van der Waals surface area contributed by atoms with E-state index in [1.165, 1.54) is 23.9 Å². The number of carbonyl (C=O) groups excluding carboxylic acids is 1. The maximum absolute atomic E-state index is 12.5. The molecule has 0 bridgehead atoms. The van der Waals surface area contributed by atoms with Crippen molar-refractivity contribution in [1.29, 1.82) is 0 Å². The van der Waals surface area contributed by atoms with Gasteiger partial charge in [0.2, 0.25) is 0 Å². The SMILES string of the molecule is CN1c2ccccc2Sc2cc(C(=O)C(F)(F)F)ccc21. The fraction of sp³-hybridized carbons (Fsp3) is 0.133. The van der Waals surface area contributed by atoms with Crippen molar-refractivity contribution in [2.24, 2.45) is 0 Å². The molecule has 0 unspecified atom stereocenters. The average Bonchev–Trinajstić information content (AvgIpc) is 2.45. The molecule has 0 atom stereocenters. The number of hydrogen-bond donors (Lipinski definition) is 0. The summed E-state index contributed by atoms with van der Waals surface area (Å²) in [6.45, 7) is 0. The number of alkyl halides is 3. The van der Waals surface area contributed by atoms with Crippen LogP contribution in [0.15, 0.2) is 52.3 Å². The van der Waals surface area contributed by atoms with E-state index in [-0.39, 0.29) is 5.56 Å². The van der Waals surface area contributed by atoms with Gasteiger partial charge in [-0.05, 0) is 30.3 Å².